The summed E-state index contributed by atoms with van der Waals surface area (Å²) >= 11 is 0. The van der Waals surface area contributed by atoms with Crippen LogP contribution in [-0.4, -0.2) is 24.2 Å². The van der Waals surface area contributed by atoms with Gasteiger partial charge in [0.05, 0.1) is 25.0 Å². The standard InChI is InChI=1S/C13H22N2O2/c1-9-6-15-11(10(2)12(9)16-5)7-17-13(3,4)8-14/h6H,7-8,14H2,1-5H3. The van der Waals surface area contributed by atoms with Gasteiger partial charge in [-0.15, -0.1) is 0 Å². The van der Waals surface area contributed by atoms with Crippen molar-refractivity contribution in [2.45, 2.75) is 39.9 Å². The zero-order chi connectivity index (χ0) is 13.1. The van der Waals surface area contributed by atoms with E-state index in [2.05, 4.69) is 4.98 Å². The molecule has 4 nitrogen and oxygen atoms in total. The molecule has 96 valence electrons. The van der Waals surface area contributed by atoms with E-state index >= 15 is 0 Å². The SMILES string of the molecule is COc1c(C)cnc(COC(C)(C)CN)c1C. The Labute approximate surface area is 103 Å². The number of nitrogens with zero attached hydrogens (tertiary/aromatic N) is 1. The number of aryl methyl sites for hydroxylation is 1. The molecule has 1 aromatic rings. The molecule has 0 saturated carbocycles. The topological polar surface area (TPSA) is 57.4 Å². The maximum Gasteiger partial charge on any atom is 0.128 e. The summed E-state index contributed by atoms with van der Waals surface area (Å²) in [6.07, 6.45) is 1.81. The van der Waals surface area contributed by atoms with Gasteiger partial charge in [-0.1, -0.05) is 0 Å². The van der Waals surface area contributed by atoms with Gasteiger partial charge < -0.3 is 15.2 Å². The first-order valence-electron chi connectivity index (χ1n) is 5.74. The number of hydrogen-bond donors (Lipinski definition) is 1. The quantitative estimate of drug-likeness (QED) is 0.852. The van der Waals surface area contributed by atoms with Gasteiger partial charge in [0, 0.05) is 23.9 Å². The Morgan fingerprint density at radius 2 is 2.00 bits per heavy atom. The smallest absolute Gasteiger partial charge is 0.128 e. The number of pyridine rings is 1. The molecular formula is C13H22N2O2. The monoisotopic (exact) mass is 238 g/mol. The van der Waals surface area contributed by atoms with E-state index in [1.165, 1.54) is 0 Å². The Morgan fingerprint density at radius 3 is 2.53 bits per heavy atom. The first-order chi connectivity index (χ1) is 7.91. The molecule has 0 aliphatic carbocycles. The molecule has 17 heavy (non-hydrogen) atoms. The summed E-state index contributed by atoms with van der Waals surface area (Å²) in [5, 5.41) is 0. The van der Waals surface area contributed by atoms with Gasteiger partial charge in [0.2, 0.25) is 0 Å². The van der Waals surface area contributed by atoms with Crippen molar-refractivity contribution < 1.29 is 9.47 Å². The van der Waals surface area contributed by atoms with E-state index in [9.17, 15) is 0 Å². The lowest BCUT2D eigenvalue weighted by molar-refractivity contribution is -0.0239. The molecule has 0 atom stereocenters. The van der Waals surface area contributed by atoms with Crippen LogP contribution in [0, 0.1) is 13.8 Å². The molecule has 0 spiro atoms. The Kier molecular flexibility index (Phi) is 4.48. The molecule has 0 aliphatic heterocycles. The molecule has 1 heterocycles. The summed E-state index contributed by atoms with van der Waals surface area (Å²) in [6.45, 7) is 8.84. The fourth-order valence-electron chi connectivity index (χ4n) is 1.54. The Bertz CT molecular complexity index is 389. The average Bonchev–Trinajstić information content (AvgIpc) is 2.29. The number of hydrogen-bond acceptors (Lipinski definition) is 4. The number of aromatic nitrogens is 1. The maximum atomic E-state index is 5.74. The predicted molar refractivity (Wildman–Crippen MR) is 68.2 cm³/mol. The van der Waals surface area contributed by atoms with E-state index in [0.717, 1.165) is 22.6 Å². The highest BCUT2D eigenvalue weighted by atomic mass is 16.5. The molecule has 4 heteroatoms. The molecule has 0 amide bonds. The zero-order valence-corrected chi connectivity index (χ0v) is 11.3. The van der Waals surface area contributed by atoms with E-state index < -0.39 is 0 Å². The van der Waals surface area contributed by atoms with Crippen LogP contribution >= 0.6 is 0 Å². The minimum absolute atomic E-state index is 0.327. The number of methoxy groups -OCH3 is 1. The lowest BCUT2D eigenvalue weighted by Crippen LogP contribution is -2.34. The Morgan fingerprint density at radius 1 is 1.35 bits per heavy atom. The van der Waals surface area contributed by atoms with E-state index in [-0.39, 0.29) is 5.60 Å². The summed E-state index contributed by atoms with van der Waals surface area (Å²) < 4.78 is 11.1. The Hall–Kier alpha value is -1.13. The van der Waals surface area contributed by atoms with Crippen molar-refractivity contribution in [2.24, 2.45) is 5.73 Å². The van der Waals surface area contributed by atoms with Crippen LogP contribution in [0.1, 0.15) is 30.7 Å². The Balaban J connectivity index is 2.86. The van der Waals surface area contributed by atoms with Gasteiger partial charge in [-0.3, -0.25) is 4.98 Å². The zero-order valence-electron chi connectivity index (χ0n) is 11.3. The second-order valence-electron chi connectivity index (χ2n) is 4.80. The molecule has 0 aromatic carbocycles. The lowest BCUT2D eigenvalue weighted by atomic mass is 10.1. The van der Waals surface area contributed by atoms with Gasteiger partial charge in [-0.05, 0) is 27.7 Å². The molecule has 0 aliphatic rings. The van der Waals surface area contributed by atoms with E-state index in [1.807, 2.05) is 27.7 Å². The highest BCUT2D eigenvalue weighted by Gasteiger charge is 2.17. The van der Waals surface area contributed by atoms with E-state index in [1.54, 1.807) is 13.3 Å². The van der Waals surface area contributed by atoms with Crippen molar-refractivity contribution in [1.29, 1.82) is 0 Å². The highest BCUT2D eigenvalue weighted by molar-refractivity contribution is 5.40. The molecule has 1 aromatic heterocycles. The first-order valence-corrected chi connectivity index (χ1v) is 5.74. The highest BCUT2D eigenvalue weighted by Crippen LogP contribution is 2.25. The van der Waals surface area contributed by atoms with Crippen molar-refractivity contribution in [1.82, 2.24) is 4.98 Å². The van der Waals surface area contributed by atoms with Crippen LogP contribution in [0.4, 0.5) is 0 Å². The van der Waals surface area contributed by atoms with Crippen molar-refractivity contribution in [2.75, 3.05) is 13.7 Å². The third kappa shape index (κ3) is 3.41. The average molecular weight is 238 g/mol. The molecular weight excluding hydrogens is 216 g/mol. The second kappa shape index (κ2) is 5.47. The van der Waals surface area contributed by atoms with Crippen LogP contribution in [0.3, 0.4) is 0 Å². The van der Waals surface area contributed by atoms with E-state index in [0.29, 0.717) is 13.2 Å². The van der Waals surface area contributed by atoms with Gasteiger partial charge in [-0.2, -0.15) is 0 Å². The molecule has 0 unspecified atom stereocenters. The molecule has 2 N–H and O–H groups in total. The van der Waals surface area contributed by atoms with Gasteiger partial charge >= 0.3 is 0 Å². The van der Waals surface area contributed by atoms with Crippen molar-refractivity contribution >= 4 is 0 Å². The lowest BCUT2D eigenvalue weighted by Gasteiger charge is -2.23. The second-order valence-corrected chi connectivity index (χ2v) is 4.80. The number of ether oxygens (including phenoxy) is 2. The first kappa shape index (κ1) is 13.9. The minimum atomic E-state index is -0.327. The molecule has 0 bridgehead atoms. The van der Waals surface area contributed by atoms with Gasteiger partial charge in [0.15, 0.2) is 0 Å². The normalized spacial score (nSPS) is 11.6. The van der Waals surface area contributed by atoms with Crippen molar-refractivity contribution in [3.63, 3.8) is 0 Å². The van der Waals surface area contributed by atoms with Gasteiger partial charge in [-0.25, -0.2) is 0 Å². The summed E-state index contributed by atoms with van der Waals surface area (Å²) in [5.41, 5.74) is 8.25. The molecule has 0 radical (unpaired) electrons. The molecule has 0 saturated heterocycles. The van der Waals surface area contributed by atoms with Crippen LogP contribution in [0.15, 0.2) is 6.20 Å². The third-order valence-electron chi connectivity index (χ3n) is 2.84. The molecule has 1 rings (SSSR count). The minimum Gasteiger partial charge on any atom is -0.496 e. The maximum absolute atomic E-state index is 5.74. The largest absolute Gasteiger partial charge is 0.496 e. The predicted octanol–water partition coefficient (Wildman–Crippen LogP) is 1.96. The van der Waals surface area contributed by atoms with Crippen LogP contribution in [0.2, 0.25) is 0 Å². The van der Waals surface area contributed by atoms with Crippen LogP contribution in [0.25, 0.3) is 0 Å². The summed E-state index contributed by atoms with van der Waals surface area (Å²) in [4.78, 5) is 4.38. The fourth-order valence-corrected chi connectivity index (χ4v) is 1.54. The van der Waals surface area contributed by atoms with Crippen molar-refractivity contribution in [3.8, 4) is 5.75 Å². The number of nitrogens with two attached hydrogens (primary N) is 1. The van der Waals surface area contributed by atoms with Gasteiger partial charge in [0.25, 0.3) is 0 Å². The third-order valence-corrected chi connectivity index (χ3v) is 2.84. The van der Waals surface area contributed by atoms with E-state index in [4.69, 9.17) is 15.2 Å². The van der Waals surface area contributed by atoms with Crippen molar-refractivity contribution in [3.05, 3.63) is 23.0 Å². The fraction of sp³-hybridized carbons (Fsp3) is 0.615. The van der Waals surface area contributed by atoms with Crippen LogP contribution in [0.5, 0.6) is 5.75 Å². The van der Waals surface area contributed by atoms with Gasteiger partial charge in [0.1, 0.15) is 5.75 Å². The van der Waals surface area contributed by atoms with Crippen LogP contribution in [-0.2, 0) is 11.3 Å². The summed E-state index contributed by atoms with van der Waals surface area (Å²) in [6, 6.07) is 0. The molecule has 0 fully saturated rings. The summed E-state index contributed by atoms with van der Waals surface area (Å²) in [7, 11) is 1.67. The van der Waals surface area contributed by atoms with Crippen LogP contribution < -0.4 is 10.5 Å². The number of rotatable bonds is 5. The summed E-state index contributed by atoms with van der Waals surface area (Å²) in [5.74, 6) is 0.879.